The molecule has 104 valence electrons. The number of aliphatic hydroxyl groups is 1. The van der Waals surface area contributed by atoms with Gasteiger partial charge in [-0.2, -0.15) is 0 Å². The van der Waals surface area contributed by atoms with Gasteiger partial charge in [0.05, 0.1) is 6.54 Å². The summed E-state index contributed by atoms with van der Waals surface area (Å²) in [7, 11) is 1.68. The molecule has 0 aromatic rings. The minimum Gasteiger partial charge on any atom is -0.479 e. The molecule has 1 saturated carbocycles. The topological polar surface area (TPSA) is 89.9 Å². The molecule has 0 bridgehead atoms. The molecule has 18 heavy (non-hydrogen) atoms. The Morgan fingerprint density at radius 3 is 2.44 bits per heavy atom. The molecule has 1 aliphatic rings. The molecule has 0 aromatic heterocycles. The highest BCUT2D eigenvalue weighted by Crippen LogP contribution is 2.25. The Bertz CT molecular complexity index is 311. The first-order chi connectivity index (χ1) is 8.33. The zero-order chi connectivity index (χ0) is 13.8. The molecular formula is C12H22N2O4. The average molecular weight is 258 g/mol. The monoisotopic (exact) mass is 258 g/mol. The van der Waals surface area contributed by atoms with Crippen LogP contribution in [0.25, 0.3) is 0 Å². The highest BCUT2D eigenvalue weighted by atomic mass is 16.4. The number of nitrogens with zero attached hydrogens (tertiary/aromatic N) is 1. The van der Waals surface area contributed by atoms with E-state index in [0.717, 1.165) is 19.8 Å². The fourth-order valence-corrected chi connectivity index (χ4v) is 2.12. The predicted octanol–water partition coefficient (Wildman–Crippen LogP) is 0.654. The van der Waals surface area contributed by atoms with E-state index < -0.39 is 11.6 Å². The maximum absolute atomic E-state index is 11.7. The third-order valence-electron chi connectivity index (χ3n) is 3.40. The molecule has 0 radical (unpaired) electrons. The molecule has 1 unspecified atom stereocenters. The van der Waals surface area contributed by atoms with Gasteiger partial charge in [0.1, 0.15) is 0 Å². The molecule has 0 aromatic carbocycles. The standard InChI is InChI=1S/C12H22N2O4/c1-12(18,10(15)16)8-13-11(17)14(2)7-9-5-3-4-6-9/h9,18H,3-8H2,1-2H3,(H,13,17)(H,15,16). The number of aliphatic carboxylic acids is 1. The molecule has 0 spiro atoms. The lowest BCUT2D eigenvalue weighted by Crippen LogP contribution is -2.49. The number of urea groups is 1. The Kier molecular flexibility index (Phi) is 4.95. The van der Waals surface area contributed by atoms with Gasteiger partial charge in [-0.1, -0.05) is 12.8 Å². The van der Waals surface area contributed by atoms with Gasteiger partial charge < -0.3 is 20.4 Å². The van der Waals surface area contributed by atoms with Gasteiger partial charge in [0.2, 0.25) is 0 Å². The van der Waals surface area contributed by atoms with Crippen molar-refractivity contribution >= 4 is 12.0 Å². The molecular weight excluding hydrogens is 236 g/mol. The lowest BCUT2D eigenvalue weighted by atomic mass is 10.1. The number of carbonyl (C=O) groups is 2. The molecule has 0 heterocycles. The third kappa shape index (κ3) is 4.18. The Hall–Kier alpha value is -1.30. The number of carboxylic acids is 1. The van der Waals surface area contributed by atoms with Gasteiger partial charge in [-0.25, -0.2) is 9.59 Å². The number of hydrogen-bond donors (Lipinski definition) is 3. The zero-order valence-electron chi connectivity index (χ0n) is 11.0. The largest absolute Gasteiger partial charge is 0.479 e. The first-order valence-corrected chi connectivity index (χ1v) is 6.27. The van der Waals surface area contributed by atoms with Crippen LogP contribution in [0.3, 0.4) is 0 Å². The number of amides is 2. The van der Waals surface area contributed by atoms with Crippen LogP contribution in [0.5, 0.6) is 0 Å². The first-order valence-electron chi connectivity index (χ1n) is 6.27. The number of carbonyl (C=O) groups excluding carboxylic acids is 1. The molecule has 3 N–H and O–H groups in total. The van der Waals surface area contributed by atoms with Crippen molar-refractivity contribution < 1.29 is 19.8 Å². The van der Waals surface area contributed by atoms with Crippen LogP contribution in [0.15, 0.2) is 0 Å². The van der Waals surface area contributed by atoms with Crippen molar-refractivity contribution in [2.45, 2.75) is 38.2 Å². The number of rotatable bonds is 5. The first kappa shape index (κ1) is 14.8. The van der Waals surface area contributed by atoms with E-state index in [9.17, 15) is 14.7 Å². The molecule has 1 rings (SSSR count). The van der Waals surface area contributed by atoms with Crippen molar-refractivity contribution in [2.24, 2.45) is 5.92 Å². The fraction of sp³-hybridized carbons (Fsp3) is 0.833. The molecule has 1 aliphatic carbocycles. The van der Waals surface area contributed by atoms with Crippen LogP contribution < -0.4 is 5.32 Å². The minimum absolute atomic E-state index is 0.295. The second-order valence-electron chi connectivity index (χ2n) is 5.27. The van der Waals surface area contributed by atoms with Crippen molar-refractivity contribution in [1.82, 2.24) is 10.2 Å². The normalized spacial score (nSPS) is 19.3. The van der Waals surface area contributed by atoms with Crippen molar-refractivity contribution in [1.29, 1.82) is 0 Å². The zero-order valence-corrected chi connectivity index (χ0v) is 11.0. The van der Waals surface area contributed by atoms with E-state index in [4.69, 9.17) is 5.11 Å². The second-order valence-corrected chi connectivity index (χ2v) is 5.27. The van der Waals surface area contributed by atoms with Gasteiger partial charge in [0.15, 0.2) is 5.60 Å². The lowest BCUT2D eigenvalue weighted by Gasteiger charge is -2.24. The smallest absolute Gasteiger partial charge is 0.337 e. The maximum Gasteiger partial charge on any atom is 0.337 e. The molecule has 0 saturated heterocycles. The van der Waals surface area contributed by atoms with Crippen LogP contribution in [0.2, 0.25) is 0 Å². The number of nitrogens with one attached hydrogen (secondary N) is 1. The van der Waals surface area contributed by atoms with Crippen molar-refractivity contribution in [3.8, 4) is 0 Å². The van der Waals surface area contributed by atoms with E-state index in [1.807, 2.05) is 0 Å². The van der Waals surface area contributed by atoms with Crippen molar-refractivity contribution in [3.05, 3.63) is 0 Å². The molecule has 2 amide bonds. The van der Waals surface area contributed by atoms with Crippen molar-refractivity contribution in [2.75, 3.05) is 20.1 Å². The van der Waals surface area contributed by atoms with Gasteiger partial charge in [0, 0.05) is 13.6 Å². The van der Waals surface area contributed by atoms with Crippen LogP contribution in [0.4, 0.5) is 4.79 Å². The fourth-order valence-electron chi connectivity index (χ4n) is 2.12. The summed E-state index contributed by atoms with van der Waals surface area (Å²) >= 11 is 0. The maximum atomic E-state index is 11.7. The summed E-state index contributed by atoms with van der Waals surface area (Å²) in [5.41, 5.74) is -1.93. The lowest BCUT2D eigenvalue weighted by molar-refractivity contribution is -0.155. The summed E-state index contributed by atoms with van der Waals surface area (Å²) in [6, 6.07) is -0.344. The van der Waals surface area contributed by atoms with Gasteiger partial charge in [-0.3, -0.25) is 0 Å². The highest BCUT2D eigenvalue weighted by molar-refractivity contribution is 5.79. The molecule has 6 heteroatoms. The predicted molar refractivity (Wildman–Crippen MR) is 66.2 cm³/mol. The summed E-state index contributed by atoms with van der Waals surface area (Å²) in [4.78, 5) is 23.9. The van der Waals surface area contributed by atoms with E-state index in [1.165, 1.54) is 12.8 Å². The van der Waals surface area contributed by atoms with Crippen LogP contribution in [-0.4, -0.2) is 52.9 Å². The number of hydrogen-bond acceptors (Lipinski definition) is 3. The van der Waals surface area contributed by atoms with Crippen LogP contribution >= 0.6 is 0 Å². The molecule has 1 atom stereocenters. The molecule has 6 nitrogen and oxygen atoms in total. The average Bonchev–Trinajstić information content (AvgIpc) is 2.78. The third-order valence-corrected chi connectivity index (χ3v) is 3.40. The van der Waals surface area contributed by atoms with E-state index >= 15 is 0 Å². The Labute approximate surface area is 107 Å². The molecule has 0 aliphatic heterocycles. The quantitative estimate of drug-likeness (QED) is 0.675. The second kappa shape index (κ2) is 6.04. The summed E-state index contributed by atoms with van der Waals surface area (Å²) < 4.78 is 0. The summed E-state index contributed by atoms with van der Waals surface area (Å²) in [6.45, 7) is 1.55. The van der Waals surface area contributed by atoms with Gasteiger partial charge in [-0.15, -0.1) is 0 Å². The Morgan fingerprint density at radius 2 is 1.94 bits per heavy atom. The highest BCUT2D eigenvalue weighted by Gasteiger charge is 2.30. The summed E-state index contributed by atoms with van der Waals surface area (Å²) in [5.74, 6) is -0.804. The minimum atomic E-state index is -1.93. The Morgan fingerprint density at radius 1 is 1.39 bits per heavy atom. The van der Waals surface area contributed by atoms with E-state index in [-0.39, 0.29) is 12.6 Å². The van der Waals surface area contributed by atoms with Gasteiger partial charge >= 0.3 is 12.0 Å². The van der Waals surface area contributed by atoms with E-state index in [0.29, 0.717) is 12.5 Å². The van der Waals surface area contributed by atoms with Crippen molar-refractivity contribution in [3.63, 3.8) is 0 Å². The van der Waals surface area contributed by atoms with Crippen LogP contribution in [0, 0.1) is 5.92 Å². The van der Waals surface area contributed by atoms with Crippen LogP contribution in [-0.2, 0) is 4.79 Å². The van der Waals surface area contributed by atoms with Gasteiger partial charge in [-0.05, 0) is 25.7 Å². The SMILES string of the molecule is CN(CC1CCCC1)C(=O)NCC(C)(O)C(=O)O. The van der Waals surface area contributed by atoms with E-state index in [2.05, 4.69) is 5.32 Å². The van der Waals surface area contributed by atoms with Gasteiger partial charge in [0.25, 0.3) is 0 Å². The number of carboxylic acid groups (broad SMARTS) is 1. The Balaban J connectivity index is 2.33. The summed E-state index contributed by atoms with van der Waals surface area (Å²) in [6.07, 6.45) is 4.72. The van der Waals surface area contributed by atoms with Crippen LogP contribution in [0.1, 0.15) is 32.6 Å². The summed E-state index contributed by atoms with van der Waals surface area (Å²) in [5, 5.41) is 20.6. The molecule has 1 fully saturated rings. The van der Waals surface area contributed by atoms with E-state index in [1.54, 1.807) is 11.9 Å².